The quantitative estimate of drug-likeness (QED) is 0.702. The Labute approximate surface area is 102 Å². The highest BCUT2D eigenvalue weighted by atomic mass is 32.2. The number of carboxylic acid groups (broad SMARTS) is 1. The first-order valence-corrected chi connectivity index (χ1v) is 6.92. The standard InChI is InChI=1S/C10H18N2O4S/c1-4-8(6-11)17(15,16)12-9(10(13)14)5-7(2)3/h7-9,12H,4-5H2,1-3H3,(H,13,14)/t8?,9-/m1/s1. The number of carbonyl (C=O) groups is 1. The molecule has 0 aromatic rings. The highest BCUT2D eigenvalue weighted by Gasteiger charge is 2.30. The predicted molar refractivity (Wildman–Crippen MR) is 62.6 cm³/mol. The maximum Gasteiger partial charge on any atom is 0.321 e. The minimum absolute atomic E-state index is 0.0426. The largest absolute Gasteiger partial charge is 0.480 e. The molecule has 0 radical (unpaired) electrons. The van der Waals surface area contributed by atoms with Gasteiger partial charge in [-0.2, -0.15) is 9.98 Å². The van der Waals surface area contributed by atoms with Crippen LogP contribution in [-0.2, 0) is 14.8 Å². The van der Waals surface area contributed by atoms with Crippen LogP contribution in [0.15, 0.2) is 0 Å². The molecule has 0 saturated heterocycles. The number of hydrogen-bond acceptors (Lipinski definition) is 4. The van der Waals surface area contributed by atoms with Gasteiger partial charge in [0.05, 0.1) is 6.07 Å². The van der Waals surface area contributed by atoms with Gasteiger partial charge in [-0.05, 0) is 18.8 Å². The second kappa shape index (κ2) is 6.57. The Morgan fingerprint density at radius 3 is 2.29 bits per heavy atom. The lowest BCUT2D eigenvalue weighted by Gasteiger charge is -2.18. The highest BCUT2D eigenvalue weighted by molar-refractivity contribution is 7.90. The van der Waals surface area contributed by atoms with Crippen LogP contribution < -0.4 is 4.72 Å². The number of rotatable bonds is 7. The third-order valence-electron chi connectivity index (χ3n) is 2.20. The van der Waals surface area contributed by atoms with Crippen molar-refractivity contribution in [2.75, 3.05) is 0 Å². The van der Waals surface area contributed by atoms with Crippen LogP contribution in [0.2, 0.25) is 0 Å². The Kier molecular flexibility index (Phi) is 6.13. The van der Waals surface area contributed by atoms with Crippen molar-refractivity contribution in [3.8, 4) is 6.07 Å². The van der Waals surface area contributed by atoms with E-state index in [9.17, 15) is 13.2 Å². The van der Waals surface area contributed by atoms with E-state index in [4.69, 9.17) is 10.4 Å². The molecule has 2 N–H and O–H groups in total. The molecule has 0 amide bonds. The van der Waals surface area contributed by atoms with Crippen molar-refractivity contribution < 1.29 is 18.3 Å². The third kappa shape index (κ3) is 5.15. The van der Waals surface area contributed by atoms with E-state index in [0.29, 0.717) is 0 Å². The average molecular weight is 262 g/mol. The van der Waals surface area contributed by atoms with Crippen LogP contribution in [0.25, 0.3) is 0 Å². The summed E-state index contributed by atoms with van der Waals surface area (Å²) in [4.78, 5) is 10.9. The molecule has 0 heterocycles. The number of hydrogen-bond donors (Lipinski definition) is 2. The molecular formula is C10H18N2O4S. The van der Waals surface area contributed by atoms with Crippen molar-refractivity contribution in [2.45, 2.75) is 44.9 Å². The Morgan fingerprint density at radius 1 is 1.47 bits per heavy atom. The van der Waals surface area contributed by atoms with E-state index in [1.54, 1.807) is 26.8 Å². The maximum atomic E-state index is 11.7. The molecule has 0 aliphatic heterocycles. The molecule has 7 heteroatoms. The molecule has 6 nitrogen and oxygen atoms in total. The summed E-state index contributed by atoms with van der Waals surface area (Å²) in [6, 6.07) is 0.468. The van der Waals surface area contributed by atoms with Gasteiger partial charge in [-0.15, -0.1) is 0 Å². The molecule has 0 aliphatic carbocycles. The van der Waals surface area contributed by atoms with Crippen LogP contribution in [0.1, 0.15) is 33.6 Å². The molecule has 98 valence electrons. The van der Waals surface area contributed by atoms with Crippen molar-refractivity contribution in [1.82, 2.24) is 4.72 Å². The van der Waals surface area contributed by atoms with E-state index in [1.807, 2.05) is 0 Å². The number of nitrogens with one attached hydrogen (secondary N) is 1. The van der Waals surface area contributed by atoms with Crippen LogP contribution in [-0.4, -0.2) is 30.8 Å². The zero-order valence-corrected chi connectivity index (χ0v) is 11.0. The lowest BCUT2D eigenvalue weighted by atomic mass is 10.1. The van der Waals surface area contributed by atoms with Crippen molar-refractivity contribution in [3.63, 3.8) is 0 Å². The molecule has 2 atom stereocenters. The lowest BCUT2D eigenvalue weighted by Crippen LogP contribution is -2.45. The Bertz CT molecular complexity index is 397. The SMILES string of the molecule is CCC(C#N)S(=O)(=O)N[C@H](CC(C)C)C(=O)O. The van der Waals surface area contributed by atoms with Crippen LogP contribution in [0, 0.1) is 17.2 Å². The molecule has 0 saturated carbocycles. The molecule has 1 unspecified atom stereocenters. The third-order valence-corrected chi connectivity index (χ3v) is 4.00. The highest BCUT2D eigenvalue weighted by Crippen LogP contribution is 2.09. The monoisotopic (exact) mass is 262 g/mol. The maximum absolute atomic E-state index is 11.7. The van der Waals surface area contributed by atoms with E-state index < -0.39 is 27.3 Å². The fourth-order valence-electron chi connectivity index (χ4n) is 1.33. The molecule has 0 bridgehead atoms. The first-order valence-electron chi connectivity index (χ1n) is 5.38. The van der Waals surface area contributed by atoms with Gasteiger partial charge in [-0.1, -0.05) is 20.8 Å². The Balaban J connectivity index is 4.88. The van der Waals surface area contributed by atoms with Crippen molar-refractivity contribution >= 4 is 16.0 Å². The van der Waals surface area contributed by atoms with Gasteiger partial charge < -0.3 is 5.11 Å². The molecule has 0 aromatic carbocycles. The lowest BCUT2D eigenvalue weighted by molar-refractivity contribution is -0.139. The molecule has 0 aromatic heterocycles. The second-order valence-electron chi connectivity index (χ2n) is 4.21. The van der Waals surface area contributed by atoms with Gasteiger partial charge in [-0.25, -0.2) is 8.42 Å². The van der Waals surface area contributed by atoms with Gasteiger partial charge in [0.25, 0.3) is 0 Å². The summed E-state index contributed by atoms with van der Waals surface area (Å²) in [5.41, 5.74) is 0. The van der Waals surface area contributed by atoms with Gasteiger partial charge in [-0.3, -0.25) is 4.79 Å². The summed E-state index contributed by atoms with van der Waals surface area (Å²) in [6.45, 7) is 5.16. The van der Waals surface area contributed by atoms with Crippen molar-refractivity contribution in [3.05, 3.63) is 0 Å². The summed E-state index contributed by atoms with van der Waals surface area (Å²) in [5, 5.41) is 16.4. The molecular weight excluding hydrogens is 244 g/mol. The van der Waals surface area contributed by atoms with E-state index >= 15 is 0 Å². The fraction of sp³-hybridized carbons (Fsp3) is 0.800. The molecule has 0 rings (SSSR count). The number of aliphatic carboxylic acids is 1. The summed E-state index contributed by atoms with van der Waals surface area (Å²) < 4.78 is 25.5. The topological polar surface area (TPSA) is 107 Å². The number of sulfonamides is 1. The number of nitrogens with zero attached hydrogens (tertiary/aromatic N) is 1. The number of carboxylic acids is 1. The average Bonchev–Trinajstić information content (AvgIpc) is 2.16. The molecule has 17 heavy (non-hydrogen) atoms. The summed E-state index contributed by atoms with van der Waals surface area (Å²) in [5.74, 6) is -1.18. The Hall–Kier alpha value is -1.13. The van der Waals surface area contributed by atoms with Crippen LogP contribution in [0.5, 0.6) is 0 Å². The Morgan fingerprint density at radius 2 is 2.00 bits per heavy atom. The van der Waals surface area contributed by atoms with Gasteiger partial charge in [0.1, 0.15) is 6.04 Å². The van der Waals surface area contributed by atoms with Gasteiger partial charge >= 0.3 is 5.97 Å². The van der Waals surface area contributed by atoms with E-state index in [-0.39, 0.29) is 18.8 Å². The summed E-state index contributed by atoms with van der Waals surface area (Å²) in [7, 11) is -3.90. The second-order valence-corrected chi connectivity index (χ2v) is 6.10. The molecule has 0 spiro atoms. The zero-order chi connectivity index (χ0) is 13.6. The van der Waals surface area contributed by atoms with Crippen LogP contribution in [0.4, 0.5) is 0 Å². The van der Waals surface area contributed by atoms with E-state index in [0.717, 1.165) is 0 Å². The molecule has 0 fully saturated rings. The van der Waals surface area contributed by atoms with Gasteiger partial charge in [0.15, 0.2) is 5.25 Å². The first kappa shape index (κ1) is 15.9. The molecule has 0 aliphatic rings. The fourth-order valence-corrected chi connectivity index (χ4v) is 2.67. The van der Waals surface area contributed by atoms with E-state index in [1.165, 1.54) is 0 Å². The minimum Gasteiger partial charge on any atom is -0.480 e. The first-order chi connectivity index (χ1) is 7.74. The van der Waals surface area contributed by atoms with E-state index in [2.05, 4.69) is 4.72 Å². The van der Waals surface area contributed by atoms with Crippen molar-refractivity contribution in [2.24, 2.45) is 5.92 Å². The summed E-state index contributed by atoms with van der Waals surface area (Å²) in [6.07, 6.45) is 0.316. The van der Waals surface area contributed by atoms with Gasteiger partial charge in [0.2, 0.25) is 10.0 Å². The van der Waals surface area contributed by atoms with Gasteiger partial charge in [0, 0.05) is 0 Å². The summed E-state index contributed by atoms with van der Waals surface area (Å²) >= 11 is 0. The number of nitriles is 1. The smallest absolute Gasteiger partial charge is 0.321 e. The minimum atomic E-state index is -3.90. The predicted octanol–water partition coefficient (Wildman–Crippen LogP) is 0.707. The van der Waals surface area contributed by atoms with Crippen LogP contribution in [0.3, 0.4) is 0 Å². The van der Waals surface area contributed by atoms with Crippen LogP contribution >= 0.6 is 0 Å². The van der Waals surface area contributed by atoms with Crippen molar-refractivity contribution in [1.29, 1.82) is 5.26 Å². The zero-order valence-electron chi connectivity index (χ0n) is 10.2. The normalized spacial score (nSPS) is 15.2.